The number of alkyl halides is 1. The topological polar surface area (TPSA) is 0 Å². The third-order valence-corrected chi connectivity index (χ3v) is 3.17. The summed E-state index contributed by atoms with van der Waals surface area (Å²) in [6, 6.07) is 6.22. The van der Waals surface area contributed by atoms with Crippen molar-refractivity contribution in [1.29, 1.82) is 0 Å². The van der Waals surface area contributed by atoms with Crippen molar-refractivity contribution in [2.45, 2.75) is 52.6 Å². The van der Waals surface area contributed by atoms with Crippen LogP contribution in [0, 0.1) is 6.92 Å². The van der Waals surface area contributed by atoms with Gasteiger partial charge >= 0.3 is 0 Å². The van der Waals surface area contributed by atoms with Crippen molar-refractivity contribution in [2.24, 2.45) is 0 Å². The van der Waals surface area contributed by atoms with Crippen molar-refractivity contribution < 1.29 is 4.39 Å². The molecule has 0 spiro atoms. The van der Waals surface area contributed by atoms with E-state index >= 15 is 0 Å². The first-order valence-corrected chi connectivity index (χ1v) is 6.14. The fourth-order valence-corrected chi connectivity index (χ4v) is 2.02. The van der Waals surface area contributed by atoms with Crippen LogP contribution in [-0.4, -0.2) is 5.67 Å². The van der Waals surface area contributed by atoms with Crippen molar-refractivity contribution in [2.75, 3.05) is 0 Å². The van der Waals surface area contributed by atoms with E-state index in [0.717, 1.165) is 11.1 Å². The fraction of sp³-hybridized carbons (Fsp3) is 0.500. The summed E-state index contributed by atoms with van der Waals surface area (Å²) >= 11 is 0. The molecular formula is C16H23F. The number of rotatable bonds is 4. The lowest BCUT2D eigenvalue weighted by Crippen LogP contribution is -2.16. The Labute approximate surface area is 105 Å². The van der Waals surface area contributed by atoms with Gasteiger partial charge in [0.15, 0.2) is 0 Å². The second kappa shape index (κ2) is 5.03. The first kappa shape index (κ1) is 14.0. The van der Waals surface area contributed by atoms with E-state index in [1.807, 2.05) is 13.0 Å². The summed E-state index contributed by atoms with van der Waals surface area (Å²) in [5, 5.41) is 0. The summed E-state index contributed by atoms with van der Waals surface area (Å²) in [5.74, 6) is 0.331. The molecule has 0 aliphatic heterocycles. The average molecular weight is 234 g/mol. The Hall–Kier alpha value is -1.11. The van der Waals surface area contributed by atoms with Gasteiger partial charge in [-0.3, -0.25) is 0 Å². The highest BCUT2D eigenvalue weighted by Gasteiger charge is 2.17. The minimum absolute atomic E-state index is 0.331. The van der Waals surface area contributed by atoms with Gasteiger partial charge in [-0.1, -0.05) is 37.3 Å². The molecule has 17 heavy (non-hydrogen) atoms. The number of benzene rings is 1. The molecule has 0 bridgehead atoms. The number of hydrogen-bond acceptors (Lipinski definition) is 0. The van der Waals surface area contributed by atoms with Crippen LogP contribution in [0.3, 0.4) is 0 Å². The first-order chi connectivity index (χ1) is 7.70. The highest BCUT2D eigenvalue weighted by Crippen LogP contribution is 2.27. The van der Waals surface area contributed by atoms with Crippen LogP contribution in [0.5, 0.6) is 0 Å². The lowest BCUT2D eigenvalue weighted by Gasteiger charge is -2.19. The monoisotopic (exact) mass is 234 g/mol. The van der Waals surface area contributed by atoms with E-state index in [2.05, 4.69) is 32.6 Å². The van der Waals surface area contributed by atoms with Crippen molar-refractivity contribution in [3.63, 3.8) is 0 Å². The predicted molar refractivity (Wildman–Crippen MR) is 73.3 cm³/mol. The normalized spacial score (nSPS) is 13.5. The summed E-state index contributed by atoms with van der Waals surface area (Å²) in [4.78, 5) is 0. The Morgan fingerprint density at radius 2 is 2.00 bits per heavy atom. The molecule has 1 heteroatoms. The van der Waals surface area contributed by atoms with E-state index in [1.165, 1.54) is 11.1 Å². The highest BCUT2D eigenvalue weighted by atomic mass is 19.1. The van der Waals surface area contributed by atoms with E-state index in [4.69, 9.17) is 0 Å². The van der Waals surface area contributed by atoms with Gasteiger partial charge in [0.1, 0.15) is 5.67 Å². The maximum atomic E-state index is 13.6. The highest BCUT2D eigenvalue weighted by molar-refractivity contribution is 5.37. The smallest absolute Gasteiger partial charge is 0.109 e. The standard InChI is InChI=1S/C16H23F/c1-11(2)13(4)15-9-14(8-7-12(15)3)10-16(5,6)17/h7-9,13H,1,10H2,2-6H3. The molecule has 0 N–H and O–H groups in total. The number of halogens is 1. The number of allylic oxidation sites excluding steroid dienone is 1. The molecule has 0 saturated heterocycles. The van der Waals surface area contributed by atoms with Crippen LogP contribution >= 0.6 is 0 Å². The maximum Gasteiger partial charge on any atom is 0.109 e. The summed E-state index contributed by atoms with van der Waals surface area (Å²) in [6.45, 7) is 13.5. The number of hydrogen-bond donors (Lipinski definition) is 0. The second-order valence-corrected chi connectivity index (χ2v) is 5.65. The summed E-state index contributed by atoms with van der Waals surface area (Å²) < 4.78 is 13.6. The van der Waals surface area contributed by atoms with Gasteiger partial charge in [-0.05, 0) is 44.4 Å². The molecular weight excluding hydrogens is 211 g/mol. The Morgan fingerprint density at radius 3 is 2.47 bits per heavy atom. The third-order valence-electron chi connectivity index (χ3n) is 3.17. The molecule has 0 amide bonds. The molecule has 1 rings (SSSR count). The molecule has 1 unspecified atom stereocenters. The SMILES string of the molecule is C=C(C)C(C)c1cc(CC(C)(C)F)ccc1C. The van der Waals surface area contributed by atoms with Crippen LogP contribution in [0.2, 0.25) is 0 Å². The zero-order valence-electron chi connectivity index (χ0n) is 11.6. The quantitative estimate of drug-likeness (QED) is 0.645. The largest absolute Gasteiger partial charge is 0.244 e. The molecule has 0 nitrogen and oxygen atoms in total. The second-order valence-electron chi connectivity index (χ2n) is 5.65. The van der Waals surface area contributed by atoms with Crippen LogP contribution in [-0.2, 0) is 6.42 Å². The molecule has 0 saturated carbocycles. The molecule has 0 aromatic heterocycles. The minimum atomic E-state index is -1.15. The Kier molecular flexibility index (Phi) is 4.13. The lowest BCUT2D eigenvalue weighted by atomic mass is 9.88. The van der Waals surface area contributed by atoms with Crippen molar-refractivity contribution in [1.82, 2.24) is 0 Å². The molecule has 1 aromatic carbocycles. The molecule has 94 valence electrons. The van der Waals surface area contributed by atoms with E-state index in [9.17, 15) is 4.39 Å². The van der Waals surface area contributed by atoms with Gasteiger partial charge in [0.2, 0.25) is 0 Å². The molecule has 1 atom stereocenters. The van der Waals surface area contributed by atoms with Crippen LogP contribution in [0.4, 0.5) is 4.39 Å². The van der Waals surface area contributed by atoms with Crippen molar-refractivity contribution >= 4 is 0 Å². The van der Waals surface area contributed by atoms with Crippen LogP contribution in [0.1, 0.15) is 50.3 Å². The van der Waals surface area contributed by atoms with Gasteiger partial charge in [0.25, 0.3) is 0 Å². The Bertz CT molecular complexity index is 410. The molecule has 0 aliphatic rings. The van der Waals surface area contributed by atoms with Gasteiger partial charge in [-0.25, -0.2) is 4.39 Å². The van der Waals surface area contributed by atoms with Crippen molar-refractivity contribution in [3.8, 4) is 0 Å². The fourth-order valence-electron chi connectivity index (χ4n) is 2.02. The van der Waals surface area contributed by atoms with Gasteiger partial charge in [0, 0.05) is 12.3 Å². The van der Waals surface area contributed by atoms with E-state index in [0.29, 0.717) is 12.3 Å². The molecule has 0 aliphatic carbocycles. The van der Waals surface area contributed by atoms with Gasteiger partial charge < -0.3 is 0 Å². The van der Waals surface area contributed by atoms with E-state index in [-0.39, 0.29) is 0 Å². The Morgan fingerprint density at radius 1 is 1.41 bits per heavy atom. The van der Waals surface area contributed by atoms with Gasteiger partial charge in [-0.15, -0.1) is 0 Å². The first-order valence-electron chi connectivity index (χ1n) is 6.14. The van der Waals surface area contributed by atoms with E-state index < -0.39 is 5.67 Å². The Balaban J connectivity index is 3.06. The van der Waals surface area contributed by atoms with Crippen LogP contribution < -0.4 is 0 Å². The minimum Gasteiger partial charge on any atom is -0.244 e. The number of aryl methyl sites for hydroxylation is 1. The van der Waals surface area contributed by atoms with Crippen molar-refractivity contribution in [3.05, 3.63) is 47.0 Å². The molecule has 0 fully saturated rings. The predicted octanol–water partition coefficient (Wildman–Crippen LogP) is 4.97. The maximum absolute atomic E-state index is 13.6. The molecule has 0 radical (unpaired) electrons. The lowest BCUT2D eigenvalue weighted by molar-refractivity contribution is 0.217. The van der Waals surface area contributed by atoms with Gasteiger partial charge in [-0.2, -0.15) is 0 Å². The summed E-state index contributed by atoms with van der Waals surface area (Å²) in [6.07, 6.45) is 0.461. The molecule has 1 aromatic rings. The average Bonchev–Trinajstić information content (AvgIpc) is 2.17. The third kappa shape index (κ3) is 3.99. The van der Waals surface area contributed by atoms with E-state index in [1.54, 1.807) is 13.8 Å². The summed E-state index contributed by atoms with van der Waals surface area (Å²) in [5.41, 5.74) is 3.56. The van der Waals surface area contributed by atoms with Crippen LogP contribution in [0.25, 0.3) is 0 Å². The molecule has 0 heterocycles. The zero-order valence-corrected chi connectivity index (χ0v) is 11.6. The zero-order chi connectivity index (χ0) is 13.2. The van der Waals surface area contributed by atoms with Gasteiger partial charge in [0.05, 0.1) is 0 Å². The van der Waals surface area contributed by atoms with Crippen LogP contribution in [0.15, 0.2) is 30.4 Å². The summed E-state index contributed by atoms with van der Waals surface area (Å²) in [7, 11) is 0.